The number of hydrogen-bond acceptors (Lipinski definition) is 4. The Hall–Kier alpha value is -4.06. The van der Waals surface area contributed by atoms with Crippen LogP contribution in [0.25, 0.3) is 0 Å². The molecule has 3 aromatic carbocycles. The summed E-state index contributed by atoms with van der Waals surface area (Å²) in [4.78, 5) is 52.5. The highest BCUT2D eigenvalue weighted by Gasteiger charge is 2.61. The second-order valence-corrected chi connectivity index (χ2v) is 9.21. The molecule has 34 heavy (non-hydrogen) atoms. The third-order valence-electron chi connectivity index (χ3n) is 7.42. The average Bonchev–Trinajstić information content (AvgIpc) is 3.09. The van der Waals surface area contributed by atoms with Crippen LogP contribution >= 0.6 is 0 Å². The number of amides is 3. The lowest BCUT2D eigenvalue weighted by Crippen LogP contribution is -2.41. The van der Waals surface area contributed by atoms with Gasteiger partial charge < -0.3 is 5.32 Å². The Bertz CT molecular complexity index is 1260. The van der Waals surface area contributed by atoms with Crippen molar-refractivity contribution < 1.29 is 19.2 Å². The van der Waals surface area contributed by atoms with Crippen molar-refractivity contribution in [2.45, 2.75) is 18.8 Å². The van der Waals surface area contributed by atoms with Crippen molar-refractivity contribution in [1.82, 2.24) is 4.90 Å². The minimum Gasteiger partial charge on any atom is -0.325 e. The molecule has 1 saturated heterocycles. The molecule has 0 radical (unpaired) electrons. The number of nitrogens with zero attached hydrogens (tertiary/aromatic N) is 1. The largest absolute Gasteiger partial charge is 0.325 e. The van der Waals surface area contributed by atoms with E-state index in [9.17, 15) is 19.2 Å². The van der Waals surface area contributed by atoms with Gasteiger partial charge in [0.2, 0.25) is 17.7 Å². The van der Waals surface area contributed by atoms with Crippen molar-refractivity contribution in [3.8, 4) is 0 Å². The fourth-order valence-corrected chi connectivity index (χ4v) is 6.03. The predicted molar refractivity (Wildman–Crippen MR) is 125 cm³/mol. The summed E-state index contributed by atoms with van der Waals surface area (Å²) in [5.74, 6) is -2.44. The van der Waals surface area contributed by atoms with Crippen molar-refractivity contribution in [3.05, 3.63) is 101 Å². The maximum atomic E-state index is 13.6. The zero-order chi connectivity index (χ0) is 23.6. The Morgan fingerprint density at radius 3 is 1.59 bits per heavy atom. The molecule has 1 aliphatic heterocycles. The minimum atomic E-state index is -0.495. The van der Waals surface area contributed by atoms with Crippen molar-refractivity contribution in [2.75, 3.05) is 11.9 Å². The highest BCUT2D eigenvalue weighted by molar-refractivity contribution is 6.10. The van der Waals surface area contributed by atoms with Gasteiger partial charge in [-0.3, -0.25) is 24.1 Å². The third-order valence-corrected chi connectivity index (χ3v) is 7.42. The van der Waals surface area contributed by atoms with E-state index in [2.05, 4.69) is 29.6 Å². The third kappa shape index (κ3) is 2.88. The molecule has 6 nitrogen and oxygen atoms in total. The van der Waals surface area contributed by atoms with Gasteiger partial charge in [-0.15, -0.1) is 0 Å². The molecule has 0 aromatic heterocycles. The summed E-state index contributed by atoms with van der Waals surface area (Å²) < 4.78 is 0. The van der Waals surface area contributed by atoms with Gasteiger partial charge in [-0.2, -0.15) is 0 Å². The van der Waals surface area contributed by atoms with Crippen LogP contribution in [0.4, 0.5) is 5.69 Å². The molecule has 2 atom stereocenters. The highest BCUT2D eigenvalue weighted by atomic mass is 16.2. The highest BCUT2D eigenvalue weighted by Crippen LogP contribution is 2.60. The van der Waals surface area contributed by atoms with Gasteiger partial charge in [0, 0.05) is 23.1 Å². The molecule has 6 heteroatoms. The van der Waals surface area contributed by atoms with Crippen LogP contribution in [-0.2, 0) is 14.4 Å². The van der Waals surface area contributed by atoms with Gasteiger partial charge in [0.15, 0.2) is 5.78 Å². The maximum absolute atomic E-state index is 13.6. The number of likely N-dealkylation sites (tertiary alicyclic amines) is 1. The van der Waals surface area contributed by atoms with E-state index in [-0.39, 0.29) is 36.0 Å². The van der Waals surface area contributed by atoms with Gasteiger partial charge in [-0.05, 0) is 53.4 Å². The summed E-state index contributed by atoms with van der Waals surface area (Å²) in [6.07, 6.45) is 0. The van der Waals surface area contributed by atoms with Crippen LogP contribution in [-0.4, -0.2) is 34.9 Å². The molecular formula is C28H22N2O4. The number of carbonyl (C=O) groups is 4. The van der Waals surface area contributed by atoms with Gasteiger partial charge in [0.1, 0.15) is 6.54 Å². The van der Waals surface area contributed by atoms with E-state index in [1.54, 1.807) is 24.3 Å². The van der Waals surface area contributed by atoms with E-state index in [1.807, 2.05) is 24.3 Å². The molecule has 1 fully saturated rings. The van der Waals surface area contributed by atoms with E-state index in [0.29, 0.717) is 11.3 Å². The van der Waals surface area contributed by atoms with Crippen LogP contribution in [0.3, 0.4) is 0 Å². The second kappa shape index (κ2) is 7.48. The van der Waals surface area contributed by atoms with E-state index in [0.717, 1.165) is 27.2 Å². The van der Waals surface area contributed by atoms with Gasteiger partial charge in [0.05, 0.1) is 11.8 Å². The molecular weight excluding hydrogens is 428 g/mol. The normalized spacial score (nSPS) is 23.9. The topological polar surface area (TPSA) is 83.6 Å². The molecule has 0 spiro atoms. The molecule has 4 aliphatic rings. The van der Waals surface area contributed by atoms with E-state index in [1.165, 1.54) is 6.92 Å². The Balaban J connectivity index is 1.29. The van der Waals surface area contributed by atoms with E-state index in [4.69, 9.17) is 0 Å². The van der Waals surface area contributed by atoms with Gasteiger partial charge in [-0.1, -0.05) is 48.5 Å². The number of hydrogen-bond donors (Lipinski definition) is 1. The molecule has 168 valence electrons. The second-order valence-electron chi connectivity index (χ2n) is 9.21. The van der Waals surface area contributed by atoms with Crippen LogP contribution in [0, 0.1) is 11.8 Å². The summed E-state index contributed by atoms with van der Waals surface area (Å²) in [5, 5.41) is 2.73. The minimum absolute atomic E-state index is 0.0645. The first-order valence-corrected chi connectivity index (χ1v) is 11.4. The first-order chi connectivity index (χ1) is 16.5. The number of anilines is 1. The molecule has 7 rings (SSSR count). The fourth-order valence-electron chi connectivity index (χ4n) is 6.03. The summed E-state index contributed by atoms with van der Waals surface area (Å²) >= 11 is 0. The van der Waals surface area contributed by atoms with Crippen LogP contribution < -0.4 is 5.32 Å². The fraction of sp³-hybridized carbons (Fsp3) is 0.214. The first kappa shape index (κ1) is 20.5. The number of benzene rings is 3. The summed E-state index contributed by atoms with van der Waals surface area (Å²) in [5.41, 5.74) is 5.46. The standard InChI is InChI=1S/C28H22N2O4/c1-15(31)16-10-12-17(13-11-16)29-22(32)14-30-27(33)25-23-18-6-2-3-7-19(18)24(26(25)28(30)34)21-9-5-4-8-20(21)23/h2-13,23-26H,14H2,1H3,(H,29,32)/t23?,24?,25-,26+. The van der Waals surface area contributed by atoms with Crippen LogP contribution in [0.1, 0.15) is 51.4 Å². The summed E-state index contributed by atoms with van der Waals surface area (Å²) in [7, 11) is 0. The number of ketones is 1. The van der Waals surface area contributed by atoms with Crippen molar-refractivity contribution in [2.24, 2.45) is 11.8 Å². The Morgan fingerprint density at radius 2 is 1.18 bits per heavy atom. The number of carbonyl (C=O) groups excluding carboxylic acids is 4. The summed E-state index contributed by atoms with van der Waals surface area (Å²) in [6, 6.07) is 22.6. The number of imide groups is 1. The Labute approximate surface area is 196 Å². The molecule has 3 aromatic rings. The zero-order valence-electron chi connectivity index (χ0n) is 18.5. The van der Waals surface area contributed by atoms with Crippen molar-refractivity contribution >= 4 is 29.2 Å². The predicted octanol–water partition coefficient (Wildman–Crippen LogP) is 3.72. The molecule has 3 amide bonds. The molecule has 3 aliphatic carbocycles. The maximum Gasteiger partial charge on any atom is 0.244 e. The zero-order valence-corrected chi connectivity index (χ0v) is 18.5. The van der Waals surface area contributed by atoms with E-state index >= 15 is 0 Å². The Kier molecular flexibility index (Phi) is 4.52. The van der Waals surface area contributed by atoms with Gasteiger partial charge >= 0.3 is 0 Å². The smallest absolute Gasteiger partial charge is 0.244 e. The lowest BCUT2D eigenvalue weighted by atomic mass is 9.55. The van der Waals surface area contributed by atoms with Crippen LogP contribution in [0.5, 0.6) is 0 Å². The lowest BCUT2D eigenvalue weighted by molar-refractivity contribution is -0.142. The summed E-state index contributed by atoms with van der Waals surface area (Å²) in [6.45, 7) is 1.15. The van der Waals surface area contributed by atoms with Crippen molar-refractivity contribution in [1.29, 1.82) is 0 Å². The molecule has 1 N–H and O–H groups in total. The van der Waals surface area contributed by atoms with Crippen molar-refractivity contribution in [3.63, 3.8) is 0 Å². The van der Waals surface area contributed by atoms with Crippen LogP contribution in [0.15, 0.2) is 72.8 Å². The molecule has 2 bridgehead atoms. The van der Waals surface area contributed by atoms with Gasteiger partial charge in [-0.25, -0.2) is 0 Å². The quantitative estimate of drug-likeness (QED) is 0.485. The first-order valence-electron chi connectivity index (χ1n) is 11.4. The molecule has 1 heterocycles. The van der Waals surface area contributed by atoms with E-state index < -0.39 is 17.7 Å². The monoisotopic (exact) mass is 450 g/mol. The molecule has 0 saturated carbocycles. The Morgan fingerprint density at radius 1 is 0.735 bits per heavy atom. The molecule has 0 unspecified atom stereocenters. The average molecular weight is 450 g/mol. The SMILES string of the molecule is CC(=O)c1ccc(NC(=O)CN2C(=O)[C@@H]3C4c5ccccc5C(c5ccccc54)[C@@H]3C2=O)cc1. The number of rotatable bonds is 4. The number of nitrogens with one attached hydrogen (secondary N) is 1. The van der Waals surface area contributed by atoms with Crippen LogP contribution in [0.2, 0.25) is 0 Å². The number of Topliss-reactive ketones (excluding diaryl/α,β-unsaturated/α-hetero) is 1. The lowest BCUT2D eigenvalue weighted by Gasteiger charge is -2.45. The van der Waals surface area contributed by atoms with Gasteiger partial charge in [0.25, 0.3) is 0 Å².